The van der Waals surface area contributed by atoms with Gasteiger partial charge < -0.3 is 10.6 Å². The lowest BCUT2D eigenvalue weighted by Gasteiger charge is -2.28. The molecule has 1 atom stereocenters. The highest BCUT2D eigenvalue weighted by Gasteiger charge is 2.59. The van der Waals surface area contributed by atoms with E-state index in [1.54, 1.807) is 23.1 Å². The Morgan fingerprint density at radius 2 is 1.47 bits per heavy atom. The molecular formula is C25H21Cl2N3O2. The Morgan fingerprint density at radius 3 is 2.09 bits per heavy atom. The van der Waals surface area contributed by atoms with Crippen molar-refractivity contribution in [2.45, 2.75) is 24.8 Å². The second kappa shape index (κ2) is 7.84. The van der Waals surface area contributed by atoms with E-state index < -0.39 is 5.54 Å². The molecule has 0 aliphatic carbocycles. The number of urea groups is 1. The molecule has 162 valence electrons. The van der Waals surface area contributed by atoms with Crippen molar-refractivity contribution >= 4 is 46.5 Å². The molecule has 0 radical (unpaired) electrons. The Bertz CT molecular complexity index is 1190. The second-order valence-electron chi connectivity index (χ2n) is 8.33. The number of halogens is 2. The van der Waals surface area contributed by atoms with E-state index in [4.69, 9.17) is 28.9 Å². The first-order chi connectivity index (χ1) is 15.4. The fourth-order valence-electron chi connectivity index (χ4n) is 4.78. The lowest BCUT2D eigenvalue weighted by Crippen LogP contribution is -2.47. The van der Waals surface area contributed by atoms with Crippen LogP contribution in [0.15, 0.2) is 66.7 Å². The predicted molar refractivity (Wildman–Crippen MR) is 128 cm³/mol. The number of imide groups is 1. The first-order valence-corrected chi connectivity index (χ1v) is 11.2. The summed E-state index contributed by atoms with van der Waals surface area (Å²) >= 11 is 12.3. The topological polar surface area (TPSA) is 66.6 Å². The van der Waals surface area contributed by atoms with E-state index in [0.29, 0.717) is 35.1 Å². The van der Waals surface area contributed by atoms with Crippen molar-refractivity contribution in [3.05, 3.63) is 82.3 Å². The molecule has 2 aliphatic rings. The molecule has 0 saturated carbocycles. The highest BCUT2D eigenvalue weighted by atomic mass is 35.5. The molecule has 7 heteroatoms. The minimum atomic E-state index is -0.880. The van der Waals surface area contributed by atoms with Crippen LogP contribution in [0.4, 0.5) is 16.2 Å². The van der Waals surface area contributed by atoms with Gasteiger partial charge in [0.15, 0.2) is 0 Å². The van der Waals surface area contributed by atoms with Gasteiger partial charge in [-0.1, -0.05) is 59.6 Å². The predicted octanol–water partition coefficient (Wildman–Crippen LogP) is 5.79. The molecule has 2 heterocycles. The van der Waals surface area contributed by atoms with Crippen molar-refractivity contribution in [2.24, 2.45) is 0 Å². The zero-order chi connectivity index (χ0) is 22.5. The zero-order valence-corrected chi connectivity index (χ0v) is 18.7. The van der Waals surface area contributed by atoms with Gasteiger partial charge in [-0.2, -0.15) is 0 Å². The minimum absolute atomic E-state index is 0.221. The number of fused-ring (bicyclic) bond motifs is 1. The summed E-state index contributed by atoms with van der Waals surface area (Å²) in [6.07, 6.45) is 1.89. The molecule has 2 fully saturated rings. The van der Waals surface area contributed by atoms with Crippen LogP contribution < -0.4 is 10.6 Å². The van der Waals surface area contributed by atoms with E-state index in [1.165, 1.54) is 4.90 Å². The number of rotatable bonds is 4. The van der Waals surface area contributed by atoms with Crippen LogP contribution in [0.5, 0.6) is 0 Å². The summed E-state index contributed by atoms with van der Waals surface area (Å²) in [5, 5.41) is 0.764. The summed E-state index contributed by atoms with van der Waals surface area (Å²) in [5.41, 5.74) is 9.17. The van der Waals surface area contributed by atoms with Crippen LogP contribution in [0.3, 0.4) is 0 Å². The third-order valence-electron chi connectivity index (χ3n) is 6.31. The van der Waals surface area contributed by atoms with E-state index in [2.05, 4.69) is 0 Å². The highest BCUT2D eigenvalue weighted by Crippen LogP contribution is 2.43. The first kappa shape index (κ1) is 20.9. The van der Waals surface area contributed by atoms with Gasteiger partial charge in [-0.15, -0.1) is 0 Å². The molecule has 3 aromatic rings. The number of benzene rings is 3. The molecule has 0 spiro atoms. The summed E-state index contributed by atoms with van der Waals surface area (Å²) in [4.78, 5) is 29.8. The van der Waals surface area contributed by atoms with Gasteiger partial charge in [-0.05, 0) is 59.9 Å². The Kier molecular flexibility index (Phi) is 5.11. The number of hydrogen-bond donors (Lipinski definition) is 1. The van der Waals surface area contributed by atoms with Crippen LogP contribution in [-0.2, 0) is 11.2 Å². The molecule has 32 heavy (non-hydrogen) atoms. The number of amides is 3. The third kappa shape index (κ3) is 3.42. The third-order valence-corrected chi connectivity index (χ3v) is 6.75. The molecule has 3 amide bonds. The van der Waals surface area contributed by atoms with Crippen molar-refractivity contribution in [1.82, 2.24) is 4.90 Å². The second-order valence-corrected chi connectivity index (χ2v) is 9.21. The number of carbonyl (C=O) groups is 2. The normalized spacial score (nSPS) is 20.2. The van der Waals surface area contributed by atoms with Crippen LogP contribution >= 0.6 is 23.2 Å². The molecule has 5 nitrogen and oxygen atoms in total. The Hall–Kier alpha value is -3.02. The summed E-state index contributed by atoms with van der Waals surface area (Å²) in [7, 11) is 0. The standard InChI is InChI=1S/C25H21Cl2N3O2/c26-19-12-20(27)14-22(13-19)30-23(31)25(10-1-11-29(25)24(30)32)15-16-2-4-17(5-3-16)18-6-8-21(28)9-7-18/h2-9,12-14H,1,10-11,15,28H2. The van der Waals surface area contributed by atoms with Crippen LogP contribution in [0.2, 0.25) is 10.0 Å². The number of nitrogen functional groups attached to an aromatic ring is 1. The van der Waals surface area contributed by atoms with Gasteiger partial charge in [0.05, 0.1) is 5.69 Å². The van der Waals surface area contributed by atoms with Gasteiger partial charge in [-0.3, -0.25) is 4.79 Å². The number of carbonyl (C=O) groups excluding carboxylic acids is 2. The van der Waals surface area contributed by atoms with Gasteiger partial charge in [0.2, 0.25) is 0 Å². The summed E-state index contributed by atoms with van der Waals surface area (Å²) in [5.74, 6) is -0.221. The van der Waals surface area contributed by atoms with E-state index in [-0.39, 0.29) is 11.9 Å². The molecule has 5 rings (SSSR count). The van der Waals surface area contributed by atoms with Crippen LogP contribution in [0.1, 0.15) is 18.4 Å². The number of nitrogens with two attached hydrogens (primary N) is 1. The summed E-state index contributed by atoms with van der Waals surface area (Å²) in [6.45, 7) is 0.554. The molecule has 2 N–H and O–H groups in total. The van der Waals surface area contributed by atoms with E-state index in [9.17, 15) is 9.59 Å². The van der Waals surface area contributed by atoms with Crippen LogP contribution in [0, 0.1) is 0 Å². The summed E-state index contributed by atoms with van der Waals surface area (Å²) < 4.78 is 0. The molecule has 1 unspecified atom stereocenters. The van der Waals surface area contributed by atoms with Crippen molar-refractivity contribution < 1.29 is 9.59 Å². The quantitative estimate of drug-likeness (QED) is 0.391. The maximum atomic E-state index is 13.6. The smallest absolute Gasteiger partial charge is 0.332 e. The van der Waals surface area contributed by atoms with Crippen molar-refractivity contribution in [3.63, 3.8) is 0 Å². The average molecular weight is 466 g/mol. The lowest BCUT2D eigenvalue weighted by atomic mass is 9.87. The average Bonchev–Trinajstić information content (AvgIpc) is 3.26. The number of nitrogens with zero attached hydrogens (tertiary/aromatic N) is 2. The Balaban J connectivity index is 1.45. The molecule has 3 aromatic carbocycles. The fraction of sp³-hybridized carbons (Fsp3) is 0.200. The molecular weight excluding hydrogens is 445 g/mol. The SMILES string of the molecule is Nc1ccc(-c2ccc(CC34CCCN3C(=O)N(c3cc(Cl)cc(Cl)c3)C4=O)cc2)cc1. The molecule has 0 bridgehead atoms. The van der Waals surface area contributed by atoms with Gasteiger partial charge in [0.25, 0.3) is 5.91 Å². The van der Waals surface area contributed by atoms with Crippen LogP contribution in [0.25, 0.3) is 11.1 Å². The monoisotopic (exact) mass is 465 g/mol. The van der Waals surface area contributed by atoms with Gasteiger partial charge in [0, 0.05) is 28.7 Å². The van der Waals surface area contributed by atoms with Gasteiger partial charge >= 0.3 is 6.03 Å². The zero-order valence-electron chi connectivity index (χ0n) is 17.2. The van der Waals surface area contributed by atoms with E-state index in [1.807, 2.05) is 48.5 Å². The molecule has 2 aliphatic heterocycles. The lowest BCUT2D eigenvalue weighted by molar-refractivity contribution is -0.123. The molecule has 2 saturated heterocycles. The fourth-order valence-corrected chi connectivity index (χ4v) is 5.29. The highest BCUT2D eigenvalue weighted by molar-refractivity contribution is 6.35. The minimum Gasteiger partial charge on any atom is -0.399 e. The number of hydrogen-bond acceptors (Lipinski definition) is 3. The van der Waals surface area contributed by atoms with Gasteiger partial charge in [-0.25, -0.2) is 9.69 Å². The number of anilines is 2. The Labute approximate surface area is 196 Å². The van der Waals surface area contributed by atoms with Crippen molar-refractivity contribution in [2.75, 3.05) is 17.2 Å². The summed E-state index contributed by atoms with van der Waals surface area (Å²) in [6, 6.07) is 20.3. The Morgan fingerprint density at radius 1 is 0.875 bits per heavy atom. The first-order valence-electron chi connectivity index (χ1n) is 10.4. The molecule has 0 aromatic heterocycles. The van der Waals surface area contributed by atoms with Crippen molar-refractivity contribution in [3.8, 4) is 11.1 Å². The maximum Gasteiger partial charge on any atom is 0.332 e. The van der Waals surface area contributed by atoms with Gasteiger partial charge in [0.1, 0.15) is 5.54 Å². The van der Waals surface area contributed by atoms with E-state index in [0.717, 1.165) is 28.8 Å². The van der Waals surface area contributed by atoms with Crippen LogP contribution in [-0.4, -0.2) is 28.9 Å². The van der Waals surface area contributed by atoms with Crippen molar-refractivity contribution in [1.29, 1.82) is 0 Å². The van der Waals surface area contributed by atoms with E-state index >= 15 is 0 Å². The maximum absolute atomic E-state index is 13.6. The largest absolute Gasteiger partial charge is 0.399 e.